The SMILES string of the molecule is CCC1(CC)CN(C(C)(C)C)C(=O)C(C)(CC)N1OC(C)c1ccccc1. The number of hydrogen-bond acceptors (Lipinski definition) is 3. The van der Waals surface area contributed by atoms with Gasteiger partial charge in [0, 0.05) is 12.1 Å². The van der Waals surface area contributed by atoms with Crippen LogP contribution in [-0.4, -0.2) is 39.0 Å². The van der Waals surface area contributed by atoms with E-state index in [0.29, 0.717) is 13.0 Å². The lowest BCUT2D eigenvalue weighted by Crippen LogP contribution is -2.75. The van der Waals surface area contributed by atoms with Crippen LogP contribution in [0.1, 0.15) is 86.3 Å². The molecule has 0 saturated carbocycles. The fourth-order valence-electron chi connectivity index (χ4n) is 4.10. The van der Waals surface area contributed by atoms with Crippen molar-refractivity contribution in [3.8, 4) is 0 Å². The van der Waals surface area contributed by atoms with Crippen LogP contribution in [0, 0.1) is 0 Å². The van der Waals surface area contributed by atoms with Crippen molar-refractivity contribution in [3.05, 3.63) is 35.9 Å². The monoisotopic (exact) mass is 374 g/mol. The van der Waals surface area contributed by atoms with Gasteiger partial charge in [-0.3, -0.25) is 9.63 Å². The second-order valence-corrected chi connectivity index (χ2v) is 9.07. The highest BCUT2D eigenvalue weighted by molar-refractivity contribution is 5.87. The van der Waals surface area contributed by atoms with Crippen LogP contribution in [0.15, 0.2) is 30.3 Å². The fourth-order valence-corrected chi connectivity index (χ4v) is 4.10. The lowest BCUT2D eigenvalue weighted by Gasteiger charge is -2.60. The largest absolute Gasteiger partial charge is 0.334 e. The summed E-state index contributed by atoms with van der Waals surface area (Å²) in [6.07, 6.45) is 2.46. The highest BCUT2D eigenvalue weighted by Gasteiger charge is 2.57. The van der Waals surface area contributed by atoms with E-state index < -0.39 is 5.54 Å². The van der Waals surface area contributed by atoms with E-state index in [9.17, 15) is 4.79 Å². The summed E-state index contributed by atoms with van der Waals surface area (Å²) in [5.41, 5.74) is 0.0401. The molecule has 4 nitrogen and oxygen atoms in total. The van der Waals surface area contributed by atoms with Gasteiger partial charge in [0.1, 0.15) is 11.6 Å². The summed E-state index contributed by atoms with van der Waals surface area (Å²) in [5, 5.41) is 2.07. The van der Waals surface area contributed by atoms with Crippen LogP contribution in [0.25, 0.3) is 0 Å². The van der Waals surface area contributed by atoms with E-state index in [1.807, 2.05) is 25.1 Å². The summed E-state index contributed by atoms with van der Waals surface area (Å²) < 4.78 is 0. The van der Waals surface area contributed by atoms with Crippen molar-refractivity contribution in [2.75, 3.05) is 6.54 Å². The maximum absolute atomic E-state index is 13.6. The smallest absolute Gasteiger partial charge is 0.245 e. The summed E-state index contributed by atoms with van der Waals surface area (Å²) in [6, 6.07) is 10.2. The third-order valence-electron chi connectivity index (χ3n) is 6.38. The molecule has 0 radical (unpaired) electrons. The summed E-state index contributed by atoms with van der Waals surface area (Å²) in [6.45, 7) is 17.7. The summed E-state index contributed by atoms with van der Waals surface area (Å²) in [5.74, 6) is 0.162. The number of hydroxylamine groups is 2. The fraction of sp³-hybridized carbons (Fsp3) is 0.696. The minimum Gasteiger partial charge on any atom is -0.334 e. The van der Waals surface area contributed by atoms with Crippen molar-refractivity contribution >= 4 is 5.91 Å². The molecule has 1 aliphatic heterocycles. The second kappa shape index (κ2) is 7.92. The molecule has 1 aromatic carbocycles. The van der Waals surface area contributed by atoms with Crippen molar-refractivity contribution in [2.24, 2.45) is 0 Å². The first kappa shape index (κ1) is 21.9. The zero-order chi connectivity index (χ0) is 20.5. The molecule has 1 saturated heterocycles. The van der Waals surface area contributed by atoms with Crippen molar-refractivity contribution in [1.29, 1.82) is 0 Å². The molecule has 0 N–H and O–H groups in total. The Balaban J connectivity index is 2.49. The van der Waals surface area contributed by atoms with Gasteiger partial charge in [-0.15, -0.1) is 0 Å². The number of amides is 1. The standard InChI is InChI=1S/C23H38N2O2/c1-9-22(8)20(26)24(21(5,6)7)17-23(10-2,11-3)25(22)27-18(4)19-15-13-12-14-16-19/h12-16,18H,9-11,17H2,1-8H3. The number of nitrogens with zero attached hydrogens (tertiary/aromatic N) is 2. The highest BCUT2D eigenvalue weighted by atomic mass is 16.7. The van der Waals surface area contributed by atoms with E-state index in [1.54, 1.807) is 0 Å². The van der Waals surface area contributed by atoms with E-state index in [-0.39, 0.29) is 23.1 Å². The predicted molar refractivity (Wildman–Crippen MR) is 111 cm³/mol. The van der Waals surface area contributed by atoms with Crippen LogP contribution in [0.5, 0.6) is 0 Å². The van der Waals surface area contributed by atoms with Gasteiger partial charge < -0.3 is 4.90 Å². The van der Waals surface area contributed by atoms with Gasteiger partial charge in [0.15, 0.2) is 0 Å². The van der Waals surface area contributed by atoms with Crippen molar-refractivity contribution in [3.63, 3.8) is 0 Å². The van der Waals surface area contributed by atoms with Gasteiger partial charge >= 0.3 is 0 Å². The average molecular weight is 375 g/mol. The van der Waals surface area contributed by atoms with Crippen LogP contribution in [0.2, 0.25) is 0 Å². The third-order valence-corrected chi connectivity index (χ3v) is 6.38. The number of piperazine rings is 1. The molecule has 2 rings (SSSR count). The molecule has 1 fully saturated rings. The van der Waals surface area contributed by atoms with Gasteiger partial charge in [-0.05, 0) is 59.4 Å². The molecule has 0 spiro atoms. The molecule has 1 aliphatic rings. The van der Waals surface area contributed by atoms with Crippen LogP contribution >= 0.6 is 0 Å². The third kappa shape index (κ3) is 3.93. The second-order valence-electron chi connectivity index (χ2n) is 9.07. The Labute approximate surface area is 165 Å². The molecule has 4 heteroatoms. The lowest BCUT2D eigenvalue weighted by atomic mass is 9.79. The average Bonchev–Trinajstić information content (AvgIpc) is 2.65. The van der Waals surface area contributed by atoms with E-state index in [4.69, 9.17) is 4.84 Å². The maximum atomic E-state index is 13.6. The summed E-state index contributed by atoms with van der Waals surface area (Å²) in [7, 11) is 0. The van der Waals surface area contributed by atoms with Gasteiger partial charge in [0.2, 0.25) is 5.91 Å². The molecule has 0 aliphatic carbocycles. The molecule has 2 atom stereocenters. The van der Waals surface area contributed by atoms with E-state index in [1.165, 1.54) is 0 Å². The zero-order valence-electron chi connectivity index (χ0n) is 18.5. The first-order chi connectivity index (χ1) is 12.6. The first-order valence-electron chi connectivity index (χ1n) is 10.4. The van der Waals surface area contributed by atoms with Crippen LogP contribution < -0.4 is 0 Å². The van der Waals surface area contributed by atoms with E-state index in [0.717, 1.165) is 18.4 Å². The highest BCUT2D eigenvalue weighted by Crippen LogP contribution is 2.43. The zero-order valence-corrected chi connectivity index (χ0v) is 18.5. The minimum atomic E-state index is -0.680. The van der Waals surface area contributed by atoms with Gasteiger partial charge in [-0.2, -0.15) is 5.06 Å². The Morgan fingerprint density at radius 2 is 1.63 bits per heavy atom. The Bertz CT molecular complexity index is 634. The topological polar surface area (TPSA) is 32.8 Å². The number of rotatable bonds is 6. The maximum Gasteiger partial charge on any atom is 0.245 e. The van der Waals surface area contributed by atoms with Crippen LogP contribution in [0.3, 0.4) is 0 Å². The van der Waals surface area contributed by atoms with Crippen molar-refractivity contribution in [1.82, 2.24) is 9.96 Å². The van der Waals surface area contributed by atoms with Crippen LogP contribution in [-0.2, 0) is 9.63 Å². The normalized spacial score (nSPS) is 24.9. The molecule has 27 heavy (non-hydrogen) atoms. The molecule has 0 bridgehead atoms. The number of hydrogen-bond donors (Lipinski definition) is 0. The van der Waals surface area contributed by atoms with Gasteiger partial charge in [0.25, 0.3) is 0 Å². The molecule has 152 valence electrons. The molecular formula is C23H38N2O2. The Hall–Kier alpha value is -1.39. The Morgan fingerprint density at radius 3 is 2.07 bits per heavy atom. The molecule has 2 unspecified atom stereocenters. The molecule has 0 aromatic heterocycles. The van der Waals surface area contributed by atoms with Crippen molar-refractivity contribution in [2.45, 2.75) is 97.4 Å². The number of carbonyl (C=O) groups excluding carboxylic acids is 1. The Kier molecular flexibility index (Phi) is 6.43. The number of carbonyl (C=O) groups is 1. The molecule has 1 heterocycles. The first-order valence-corrected chi connectivity index (χ1v) is 10.4. The molecule has 1 aromatic rings. The number of benzene rings is 1. The minimum absolute atomic E-state index is 0.108. The van der Waals surface area contributed by atoms with E-state index >= 15 is 0 Å². The van der Waals surface area contributed by atoms with Gasteiger partial charge in [-0.25, -0.2) is 0 Å². The molecular weight excluding hydrogens is 336 g/mol. The van der Waals surface area contributed by atoms with Crippen molar-refractivity contribution < 1.29 is 9.63 Å². The predicted octanol–water partition coefficient (Wildman–Crippen LogP) is 5.35. The quantitative estimate of drug-likeness (QED) is 0.673. The molecule has 1 amide bonds. The summed E-state index contributed by atoms with van der Waals surface area (Å²) >= 11 is 0. The summed E-state index contributed by atoms with van der Waals surface area (Å²) in [4.78, 5) is 22.2. The van der Waals surface area contributed by atoms with Gasteiger partial charge in [-0.1, -0.05) is 51.1 Å². The van der Waals surface area contributed by atoms with E-state index in [2.05, 4.69) is 70.6 Å². The van der Waals surface area contributed by atoms with Crippen LogP contribution in [0.4, 0.5) is 0 Å². The van der Waals surface area contributed by atoms with Gasteiger partial charge in [0.05, 0.1) is 5.54 Å². The lowest BCUT2D eigenvalue weighted by molar-refractivity contribution is -0.316. The Morgan fingerprint density at radius 1 is 1.07 bits per heavy atom.